The van der Waals surface area contributed by atoms with Crippen molar-refractivity contribution >= 4 is 11.6 Å². The van der Waals surface area contributed by atoms with Crippen LogP contribution in [0.25, 0.3) is 0 Å². The summed E-state index contributed by atoms with van der Waals surface area (Å²) in [5, 5.41) is 23.6. The Kier molecular flexibility index (Phi) is 5.01. The molecule has 0 unspecified atom stereocenters. The van der Waals surface area contributed by atoms with Crippen molar-refractivity contribution in [2.75, 3.05) is 0 Å². The molecule has 1 rings (SSSR count). The average molecular weight is 214 g/mol. The van der Waals surface area contributed by atoms with Crippen LogP contribution < -0.4 is 16.5 Å². The molecule has 0 radical (unpaired) electrons. The number of aromatic hydroxyl groups is 1. The van der Waals surface area contributed by atoms with Crippen molar-refractivity contribution in [2.45, 2.75) is 0 Å². The maximum Gasteiger partial charge on any atom is 0.343 e. The molecule has 0 bridgehead atoms. The summed E-state index contributed by atoms with van der Waals surface area (Å²) in [6.07, 6.45) is 0. The van der Waals surface area contributed by atoms with Crippen LogP contribution >= 0.6 is 0 Å². The molecule has 1 aromatic rings. The highest BCUT2D eigenvalue weighted by Gasteiger charge is 1.91. The van der Waals surface area contributed by atoms with Gasteiger partial charge in [-0.25, -0.2) is 4.99 Å². The van der Waals surface area contributed by atoms with Crippen LogP contribution in [0.15, 0.2) is 24.3 Å². The summed E-state index contributed by atoms with van der Waals surface area (Å²) in [7, 11) is 0. The molecule has 8 heteroatoms. The number of guanidine groups is 1. The zero-order valence-electron chi connectivity index (χ0n) is 7.58. The van der Waals surface area contributed by atoms with Crippen molar-refractivity contribution in [3.05, 3.63) is 39.6 Å². The van der Waals surface area contributed by atoms with E-state index in [0.717, 1.165) is 5.69 Å². The molecule has 0 heterocycles. The Bertz CT molecular complexity index is 341. The molecule has 0 aliphatic heterocycles. The predicted molar refractivity (Wildman–Crippen MR) is 52.5 cm³/mol. The van der Waals surface area contributed by atoms with Gasteiger partial charge in [0.1, 0.15) is 5.75 Å². The number of nitrogens with one attached hydrogen (secondary N) is 1. The summed E-state index contributed by atoms with van der Waals surface area (Å²) in [5.41, 5.74) is 11.1. The van der Waals surface area contributed by atoms with Crippen molar-refractivity contribution in [1.82, 2.24) is 0 Å². The average Bonchev–Trinajstić information content (AvgIpc) is 2.07. The molecule has 0 fully saturated rings. The van der Waals surface area contributed by atoms with Gasteiger partial charge in [-0.15, -0.1) is 0 Å². The van der Waals surface area contributed by atoms with Crippen LogP contribution in [0.3, 0.4) is 0 Å². The molecule has 15 heavy (non-hydrogen) atoms. The molecule has 1 aromatic carbocycles. The van der Waals surface area contributed by atoms with E-state index >= 15 is 0 Å². The summed E-state index contributed by atoms with van der Waals surface area (Å²) >= 11 is 0. The lowest BCUT2D eigenvalue weighted by atomic mass is 10.3. The van der Waals surface area contributed by atoms with Crippen LogP contribution in [0.5, 0.6) is 5.75 Å². The number of hydrogen-bond acceptors (Lipinski definition) is 4. The van der Waals surface area contributed by atoms with Crippen LogP contribution in [0.1, 0.15) is 0 Å². The van der Waals surface area contributed by atoms with Gasteiger partial charge in [0.05, 0.1) is 10.8 Å². The first-order valence-electron chi connectivity index (χ1n) is 3.67. The molecular weight excluding hydrogens is 204 g/mol. The van der Waals surface area contributed by atoms with E-state index < -0.39 is 5.09 Å². The van der Waals surface area contributed by atoms with Gasteiger partial charge in [0, 0.05) is 0 Å². The second-order valence-electron chi connectivity index (χ2n) is 2.35. The van der Waals surface area contributed by atoms with E-state index in [9.17, 15) is 0 Å². The highest BCUT2D eigenvalue weighted by molar-refractivity contribution is 5.70. The Morgan fingerprint density at radius 2 is 1.67 bits per heavy atom. The van der Waals surface area contributed by atoms with Gasteiger partial charge >= 0.3 is 5.96 Å². The number of phenolic OH excluding ortho intramolecular Hbond substituents is 1. The minimum absolute atomic E-state index is 0.135. The minimum atomic E-state index is -1.75. The third kappa shape index (κ3) is 7.84. The lowest BCUT2D eigenvalue weighted by Crippen LogP contribution is -2.72. The molecule has 0 saturated heterocycles. The third-order valence-electron chi connectivity index (χ3n) is 1.16. The quantitative estimate of drug-likeness (QED) is 0.141. The van der Waals surface area contributed by atoms with Crippen molar-refractivity contribution in [1.29, 1.82) is 0 Å². The molecule has 0 aliphatic carbocycles. The topological polar surface area (TPSA) is 152 Å². The van der Waals surface area contributed by atoms with E-state index in [-0.39, 0.29) is 11.7 Å². The summed E-state index contributed by atoms with van der Waals surface area (Å²) in [6, 6.07) is 6.45. The Morgan fingerprint density at radius 1 is 1.27 bits per heavy atom. The molecule has 82 valence electrons. The van der Waals surface area contributed by atoms with Crippen molar-refractivity contribution in [3.63, 3.8) is 0 Å². The highest BCUT2D eigenvalue weighted by atomic mass is 16.9. The van der Waals surface area contributed by atoms with Crippen molar-refractivity contribution in [2.24, 2.45) is 11.5 Å². The molecule has 0 aromatic heterocycles. The Morgan fingerprint density at radius 3 is 2.00 bits per heavy atom. The first kappa shape index (κ1) is 12.5. The fraction of sp³-hybridized carbons (Fsp3) is 0. The normalized spacial score (nSPS) is 8.27. The van der Waals surface area contributed by atoms with Crippen LogP contribution in [0, 0.1) is 15.3 Å². The Balaban J connectivity index is 0.000000423. The fourth-order valence-electron chi connectivity index (χ4n) is 0.711. The smallest absolute Gasteiger partial charge is 0.343 e. The standard InChI is InChI=1S/C7H9N3O.NO3/c8-7(9)10-5-1-3-6(11)4-2-5;2-1(3)4/h1-4,11H,(H4,8,9,10);/q;-1/p+1. The highest BCUT2D eigenvalue weighted by Crippen LogP contribution is 2.08. The first-order valence-corrected chi connectivity index (χ1v) is 3.67. The largest absolute Gasteiger partial charge is 0.508 e. The second-order valence-corrected chi connectivity index (χ2v) is 2.35. The van der Waals surface area contributed by atoms with Crippen LogP contribution in [0.4, 0.5) is 5.69 Å². The van der Waals surface area contributed by atoms with E-state index in [4.69, 9.17) is 31.9 Å². The molecule has 0 atom stereocenters. The monoisotopic (exact) mass is 214 g/mol. The third-order valence-corrected chi connectivity index (χ3v) is 1.16. The molecule has 8 nitrogen and oxygen atoms in total. The van der Waals surface area contributed by atoms with Gasteiger partial charge in [-0.1, -0.05) is 0 Å². The molecule has 0 amide bonds. The van der Waals surface area contributed by atoms with Gasteiger partial charge in [0.15, 0.2) is 0 Å². The number of hydrogen-bond donors (Lipinski definition) is 4. The Hall–Kier alpha value is -2.51. The van der Waals surface area contributed by atoms with E-state index in [0.29, 0.717) is 0 Å². The number of nitrogens with zero attached hydrogens (tertiary/aromatic N) is 1. The van der Waals surface area contributed by atoms with Crippen LogP contribution in [-0.2, 0) is 0 Å². The molecule has 6 N–H and O–H groups in total. The van der Waals surface area contributed by atoms with E-state index in [2.05, 4.69) is 4.99 Å². The summed E-state index contributed by atoms with van der Waals surface area (Å²) in [5.74, 6) is 0.349. The van der Waals surface area contributed by atoms with Crippen molar-refractivity contribution in [3.8, 4) is 5.75 Å². The maximum atomic E-state index is 8.89. The number of phenols is 1. The SMILES string of the molecule is NC(N)=[NH+]c1ccc(O)cc1.O=[N+]([O-])[O-]. The zero-order chi connectivity index (χ0) is 11.8. The summed E-state index contributed by atoms with van der Waals surface area (Å²) in [4.78, 5) is 10.9. The van der Waals surface area contributed by atoms with Gasteiger partial charge in [-0.2, -0.15) is 0 Å². The minimum Gasteiger partial charge on any atom is -0.508 e. The van der Waals surface area contributed by atoms with Crippen LogP contribution in [-0.4, -0.2) is 16.2 Å². The van der Waals surface area contributed by atoms with Crippen molar-refractivity contribution < 1.29 is 15.2 Å². The van der Waals surface area contributed by atoms with Gasteiger partial charge < -0.3 is 20.4 Å². The molecule has 0 aliphatic rings. The van der Waals surface area contributed by atoms with Crippen LogP contribution in [0.2, 0.25) is 0 Å². The lowest BCUT2D eigenvalue weighted by molar-refractivity contribution is -0.402. The van der Waals surface area contributed by atoms with Gasteiger partial charge in [0.25, 0.3) is 0 Å². The molecule has 0 saturated carbocycles. The number of benzene rings is 1. The van der Waals surface area contributed by atoms with E-state index in [1.165, 1.54) is 0 Å². The first-order chi connectivity index (χ1) is 6.91. The van der Waals surface area contributed by atoms with E-state index in [1.807, 2.05) is 0 Å². The Labute approximate surface area is 84.6 Å². The van der Waals surface area contributed by atoms with Gasteiger partial charge in [-0.3, -0.25) is 11.5 Å². The fourth-order valence-corrected chi connectivity index (χ4v) is 0.711. The number of rotatable bonds is 1. The zero-order valence-corrected chi connectivity index (χ0v) is 7.58. The van der Waals surface area contributed by atoms with Gasteiger partial charge in [0.2, 0.25) is 0 Å². The summed E-state index contributed by atoms with van der Waals surface area (Å²) < 4.78 is 0. The number of nitrogens with two attached hydrogens (primary N) is 2. The molecular formula is C7H10N4O4. The second kappa shape index (κ2) is 6.02. The van der Waals surface area contributed by atoms with Gasteiger partial charge in [-0.05, 0) is 24.3 Å². The van der Waals surface area contributed by atoms with E-state index in [1.54, 1.807) is 24.3 Å². The maximum absolute atomic E-state index is 8.89. The molecule has 0 spiro atoms. The lowest BCUT2D eigenvalue weighted by Gasteiger charge is -1.91. The predicted octanol–water partition coefficient (Wildman–Crippen LogP) is -1.86. The summed E-state index contributed by atoms with van der Waals surface area (Å²) in [6.45, 7) is 0.